The standard InChI is InChI=1S/C13H14BrNO4/c1-19-13(18)9-6-15-10-3-2-7(4-8(9)10)12(17)11(16)5-14/h2-4,6,11-12,15-17H,5H2,1H3. The number of fused-ring (bicyclic) bond motifs is 1. The van der Waals surface area contributed by atoms with Crippen LogP contribution >= 0.6 is 15.9 Å². The van der Waals surface area contributed by atoms with Crippen molar-refractivity contribution in [3.8, 4) is 0 Å². The number of halogens is 1. The first-order valence-electron chi connectivity index (χ1n) is 5.70. The molecule has 0 bridgehead atoms. The smallest absolute Gasteiger partial charge is 0.340 e. The van der Waals surface area contributed by atoms with E-state index in [1.807, 2.05) is 0 Å². The summed E-state index contributed by atoms with van der Waals surface area (Å²) in [5.74, 6) is -0.445. The van der Waals surface area contributed by atoms with Gasteiger partial charge in [0.25, 0.3) is 0 Å². The van der Waals surface area contributed by atoms with Crippen molar-refractivity contribution in [1.29, 1.82) is 0 Å². The lowest BCUT2D eigenvalue weighted by atomic mass is 10.0. The van der Waals surface area contributed by atoms with Gasteiger partial charge in [0, 0.05) is 22.4 Å². The summed E-state index contributed by atoms with van der Waals surface area (Å²) in [5, 5.41) is 20.5. The Morgan fingerprint density at radius 3 is 2.84 bits per heavy atom. The van der Waals surface area contributed by atoms with Crippen LogP contribution in [-0.2, 0) is 4.74 Å². The molecule has 0 fully saturated rings. The van der Waals surface area contributed by atoms with Crippen molar-refractivity contribution in [3.05, 3.63) is 35.5 Å². The topological polar surface area (TPSA) is 82.6 Å². The van der Waals surface area contributed by atoms with Gasteiger partial charge in [0.2, 0.25) is 0 Å². The maximum Gasteiger partial charge on any atom is 0.340 e. The van der Waals surface area contributed by atoms with Crippen LogP contribution in [0.2, 0.25) is 0 Å². The molecule has 0 aliphatic rings. The monoisotopic (exact) mass is 327 g/mol. The minimum atomic E-state index is -1.01. The second-order valence-corrected chi connectivity index (χ2v) is 4.81. The number of rotatable bonds is 4. The van der Waals surface area contributed by atoms with Crippen molar-refractivity contribution >= 4 is 32.8 Å². The van der Waals surface area contributed by atoms with Crippen molar-refractivity contribution in [1.82, 2.24) is 4.98 Å². The summed E-state index contributed by atoms with van der Waals surface area (Å²) in [4.78, 5) is 14.6. The van der Waals surface area contributed by atoms with E-state index in [4.69, 9.17) is 4.74 Å². The first kappa shape index (κ1) is 14.0. The number of aromatic amines is 1. The minimum absolute atomic E-state index is 0.267. The minimum Gasteiger partial charge on any atom is -0.465 e. The van der Waals surface area contributed by atoms with Crippen LogP contribution in [-0.4, -0.2) is 39.7 Å². The number of carbonyl (C=O) groups excluding carboxylic acids is 1. The Balaban J connectivity index is 2.46. The van der Waals surface area contributed by atoms with Crippen molar-refractivity contribution in [2.75, 3.05) is 12.4 Å². The SMILES string of the molecule is COC(=O)c1c[nH]c2ccc(C(O)C(O)CBr)cc12. The molecule has 0 aliphatic heterocycles. The van der Waals surface area contributed by atoms with Crippen LogP contribution in [0, 0.1) is 0 Å². The third-order valence-corrected chi connectivity index (χ3v) is 3.64. The van der Waals surface area contributed by atoms with E-state index in [2.05, 4.69) is 20.9 Å². The van der Waals surface area contributed by atoms with Crippen molar-refractivity contribution < 1.29 is 19.7 Å². The summed E-state index contributed by atoms with van der Waals surface area (Å²) in [6.07, 6.45) is -0.352. The molecule has 2 atom stereocenters. The maximum absolute atomic E-state index is 11.6. The molecule has 0 saturated carbocycles. The first-order chi connectivity index (χ1) is 9.08. The van der Waals surface area contributed by atoms with E-state index in [1.165, 1.54) is 7.11 Å². The summed E-state index contributed by atoms with van der Waals surface area (Å²) in [5.41, 5.74) is 1.72. The number of hydrogen-bond donors (Lipinski definition) is 3. The molecule has 19 heavy (non-hydrogen) atoms. The van der Waals surface area contributed by atoms with Gasteiger partial charge in [-0.05, 0) is 17.7 Å². The quantitative estimate of drug-likeness (QED) is 0.590. The molecule has 0 aliphatic carbocycles. The van der Waals surface area contributed by atoms with E-state index in [9.17, 15) is 15.0 Å². The number of aromatic nitrogens is 1. The number of benzene rings is 1. The molecule has 0 saturated heterocycles. The number of hydrogen-bond acceptors (Lipinski definition) is 4. The molecule has 0 spiro atoms. The Kier molecular flexibility index (Phi) is 4.24. The van der Waals surface area contributed by atoms with E-state index in [0.29, 0.717) is 16.5 Å². The number of esters is 1. The van der Waals surface area contributed by atoms with Gasteiger partial charge in [0.1, 0.15) is 6.10 Å². The molecule has 3 N–H and O–H groups in total. The van der Waals surface area contributed by atoms with E-state index >= 15 is 0 Å². The summed E-state index contributed by atoms with van der Waals surface area (Å²) in [7, 11) is 1.31. The highest BCUT2D eigenvalue weighted by Gasteiger charge is 2.19. The predicted octanol–water partition coefficient (Wildman–Crippen LogP) is 1.74. The third-order valence-electron chi connectivity index (χ3n) is 2.98. The number of ether oxygens (including phenoxy) is 1. The average Bonchev–Trinajstić information content (AvgIpc) is 2.87. The molecule has 1 heterocycles. The van der Waals surface area contributed by atoms with Gasteiger partial charge < -0.3 is 19.9 Å². The third kappa shape index (κ3) is 2.65. The zero-order chi connectivity index (χ0) is 14.0. The molecule has 6 heteroatoms. The van der Waals surface area contributed by atoms with Crippen LogP contribution in [0.3, 0.4) is 0 Å². The van der Waals surface area contributed by atoms with Crippen LogP contribution in [0.1, 0.15) is 22.0 Å². The highest BCUT2D eigenvalue weighted by molar-refractivity contribution is 9.09. The Morgan fingerprint density at radius 2 is 2.21 bits per heavy atom. The van der Waals surface area contributed by atoms with Crippen LogP contribution in [0.4, 0.5) is 0 Å². The summed E-state index contributed by atoms with van der Waals surface area (Å²) < 4.78 is 4.69. The average molecular weight is 328 g/mol. The van der Waals surface area contributed by atoms with E-state index in [-0.39, 0.29) is 5.33 Å². The van der Waals surface area contributed by atoms with Gasteiger partial charge in [0.15, 0.2) is 0 Å². The molecule has 5 nitrogen and oxygen atoms in total. The molecule has 2 unspecified atom stereocenters. The Morgan fingerprint density at radius 1 is 1.47 bits per heavy atom. The predicted molar refractivity (Wildman–Crippen MR) is 74.4 cm³/mol. The van der Waals surface area contributed by atoms with Crippen LogP contribution in [0.25, 0.3) is 10.9 Å². The molecule has 0 amide bonds. The Labute approximate surface area is 118 Å². The molecule has 1 aromatic heterocycles. The van der Waals surface area contributed by atoms with Crippen LogP contribution < -0.4 is 0 Å². The highest BCUT2D eigenvalue weighted by atomic mass is 79.9. The molecule has 0 radical (unpaired) electrons. The zero-order valence-corrected chi connectivity index (χ0v) is 11.8. The van der Waals surface area contributed by atoms with E-state index < -0.39 is 18.2 Å². The van der Waals surface area contributed by atoms with E-state index in [1.54, 1.807) is 24.4 Å². The molecule has 2 rings (SSSR count). The van der Waals surface area contributed by atoms with Gasteiger partial charge in [-0.2, -0.15) is 0 Å². The lowest BCUT2D eigenvalue weighted by Crippen LogP contribution is -2.19. The van der Waals surface area contributed by atoms with Gasteiger partial charge in [-0.25, -0.2) is 4.79 Å². The van der Waals surface area contributed by atoms with Crippen LogP contribution in [0.15, 0.2) is 24.4 Å². The second-order valence-electron chi connectivity index (χ2n) is 4.17. The number of aliphatic hydroxyl groups is 2. The van der Waals surface area contributed by atoms with Crippen molar-refractivity contribution in [3.63, 3.8) is 0 Å². The summed E-state index contributed by atoms with van der Waals surface area (Å²) >= 11 is 3.11. The first-order valence-corrected chi connectivity index (χ1v) is 6.82. The number of alkyl halides is 1. The molecular weight excluding hydrogens is 314 g/mol. The number of methoxy groups -OCH3 is 1. The molecule has 2 aromatic rings. The number of H-pyrrole nitrogens is 1. The van der Waals surface area contributed by atoms with Crippen LogP contribution in [0.5, 0.6) is 0 Å². The fourth-order valence-corrected chi connectivity index (χ4v) is 2.26. The second kappa shape index (κ2) is 5.73. The normalized spacial score (nSPS) is 14.3. The highest BCUT2D eigenvalue weighted by Crippen LogP contribution is 2.25. The van der Waals surface area contributed by atoms with Gasteiger partial charge >= 0.3 is 5.97 Å². The van der Waals surface area contributed by atoms with Gasteiger partial charge in [-0.15, -0.1) is 0 Å². The van der Waals surface area contributed by atoms with E-state index in [0.717, 1.165) is 5.52 Å². The van der Waals surface area contributed by atoms with Gasteiger partial charge in [-0.3, -0.25) is 0 Å². The number of nitrogens with one attached hydrogen (secondary N) is 1. The fraction of sp³-hybridized carbons (Fsp3) is 0.308. The summed E-state index contributed by atoms with van der Waals surface area (Å²) in [6, 6.07) is 5.13. The number of aliphatic hydroxyl groups excluding tert-OH is 2. The zero-order valence-electron chi connectivity index (χ0n) is 10.3. The molecular formula is C13H14BrNO4. The largest absolute Gasteiger partial charge is 0.465 e. The van der Waals surface area contributed by atoms with Crippen molar-refractivity contribution in [2.24, 2.45) is 0 Å². The lowest BCUT2D eigenvalue weighted by Gasteiger charge is -2.16. The Hall–Kier alpha value is -1.37. The van der Waals surface area contributed by atoms with Crippen molar-refractivity contribution in [2.45, 2.75) is 12.2 Å². The van der Waals surface area contributed by atoms with Gasteiger partial charge in [-0.1, -0.05) is 22.0 Å². The van der Waals surface area contributed by atoms with Gasteiger partial charge in [0.05, 0.1) is 18.8 Å². The lowest BCUT2D eigenvalue weighted by molar-refractivity contribution is 0.0343. The summed E-state index contributed by atoms with van der Waals surface area (Å²) in [6.45, 7) is 0. The Bertz CT molecular complexity index is 595. The maximum atomic E-state index is 11.6. The number of carbonyl (C=O) groups is 1. The fourth-order valence-electron chi connectivity index (χ4n) is 1.91. The molecule has 1 aromatic carbocycles. The molecule has 102 valence electrons.